The second-order valence-electron chi connectivity index (χ2n) is 4.68. The first-order chi connectivity index (χ1) is 7.66. The van der Waals surface area contributed by atoms with Gasteiger partial charge in [-0.3, -0.25) is 0 Å². The Bertz CT molecular complexity index is 357. The molecule has 88 valence electrons. The van der Waals surface area contributed by atoms with Crippen molar-refractivity contribution in [1.82, 2.24) is 5.32 Å². The Kier molecular flexibility index (Phi) is 3.44. The van der Waals surface area contributed by atoms with Gasteiger partial charge in [-0.1, -0.05) is 6.07 Å². The predicted octanol–water partition coefficient (Wildman–Crippen LogP) is 2.19. The maximum atomic E-state index is 13.7. The van der Waals surface area contributed by atoms with E-state index in [1.54, 1.807) is 11.0 Å². The number of anilines is 1. The number of nitrogens with zero attached hydrogens (tertiary/aromatic N) is 1. The minimum atomic E-state index is -0.125. The van der Waals surface area contributed by atoms with E-state index in [1.807, 2.05) is 26.2 Å². The van der Waals surface area contributed by atoms with Crippen molar-refractivity contribution in [2.24, 2.45) is 0 Å². The van der Waals surface area contributed by atoms with Gasteiger partial charge in [0.2, 0.25) is 0 Å². The van der Waals surface area contributed by atoms with Crippen LogP contribution in [0.1, 0.15) is 18.4 Å². The smallest absolute Gasteiger partial charge is 0.146 e. The molecule has 0 saturated carbocycles. The number of nitrogens with one attached hydrogen (secondary N) is 1. The second kappa shape index (κ2) is 4.83. The van der Waals surface area contributed by atoms with Crippen molar-refractivity contribution in [1.29, 1.82) is 0 Å². The summed E-state index contributed by atoms with van der Waals surface area (Å²) in [4.78, 5) is 1.80. The van der Waals surface area contributed by atoms with Crippen molar-refractivity contribution < 1.29 is 4.39 Å². The average Bonchev–Trinajstić information content (AvgIpc) is 2.70. The molecule has 1 aromatic rings. The lowest BCUT2D eigenvalue weighted by molar-refractivity contribution is 0.592. The second-order valence-corrected chi connectivity index (χ2v) is 4.68. The molecule has 1 atom stereocenters. The number of hydrogen-bond donors (Lipinski definition) is 1. The zero-order chi connectivity index (χ0) is 11.5. The summed E-state index contributed by atoms with van der Waals surface area (Å²) < 4.78 is 13.7. The normalized spacial score (nSPS) is 20.1. The van der Waals surface area contributed by atoms with Crippen LogP contribution in [0.4, 0.5) is 10.1 Å². The lowest BCUT2D eigenvalue weighted by atomic mass is 10.0. The Labute approximate surface area is 96.5 Å². The van der Waals surface area contributed by atoms with E-state index in [0.29, 0.717) is 11.7 Å². The van der Waals surface area contributed by atoms with Crippen LogP contribution in [0.25, 0.3) is 0 Å². The summed E-state index contributed by atoms with van der Waals surface area (Å²) in [6.45, 7) is 1.10. The van der Waals surface area contributed by atoms with Crippen molar-refractivity contribution in [3.05, 3.63) is 29.6 Å². The molecular formula is C13H19FN2. The lowest BCUT2D eigenvalue weighted by Gasteiger charge is -2.15. The summed E-state index contributed by atoms with van der Waals surface area (Å²) in [5.74, 6) is -0.125. The highest BCUT2D eigenvalue weighted by Crippen LogP contribution is 2.20. The molecule has 0 spiro atoms. The van der Waals surface area contributed by atoms with Crippen molar-refractivity contribution in [3.63, 3.8) is 0 Å². The fourth-order valence-corrected chi connectivity index (χ4v) is 2.26. The molecule has 1 fully saturated rings. The Morgan fingerprint density at radius 2 is 2.25 bits per heavy atom. The van der Waals surface area contributed by atoms with E-state index < -0.39 is 0 Å². The zero-order valence-corrected chi connectivity index (χ0v) is 9.96. The van der Waals surface area contributed by atoms with Crippen LogP contribution in [0.2, 0.25) is 0 Å². The van der Waals surface area contributed by atoms with Crippen LogP contribution >= 0.6 is 0 Å². The van der Waals surface area contributed by atoms with Gasteiger partial charge < -0.3 is 10.2 Å². The summed E-state index contributed by atoms with van der Waals surface area (Å²) in [5.41, 5.74) is 1.74. The van der Waals surface area contributed by atoms with Gasteiger partial charge in [0.1, 0.15) is 5.82 Å². The van der Waals surface area contributed by atoms with E-state index >= 15 is 0 Å². The largest absolute Gasteiger partial charge is 0.375 e. The molecule has 1 N–H and O–H groups in total. The third-order valence-corrected chi connectivity index (χ3v) is 3.14. The molecule has 0 aliphatic carbocycles. The summed E-state index contributed by atoms with van der Waals surface area (Å²) >= 11 is 0. The minimum absolute atomic E-state index is 0.125. The summed E-state index contributed by atoms with van der Waals surface area (Å²) in [6.07, 6.45) is 3.38. The molecule has 1 saturated heterocycles. The number of rotatable bonds is 3. The number of hydrogen-bond acceptors (Lipinski definition) is 2. The summed E-state index contributed by atoms with van der Waals surface area (Å²) in [7, 11) is 3.72. The molecule has 1 aromatic carbocycles. The number of benzene rings is 1. The molecular weight excluding hydrogens is 203 g/mol. The molecule has 3 heteroatoms. The average molecular weight is 222 g/mol. The van der Waals surface area contributed by atoms with E-state index in [2.05, 4.69) is 5.32 Å². The molecule has 0 amide bonds. The molecule has 2 nitrogen and oxygen atoms in total. The van der Waals surface area contributed by atoms with Crippen LogP contribution < -0.4 is 10.2 Å². The molecule has 1 heterocycles. The van der Waals surface area contributed by atoms with Crippen LogP contribution in [0.3, 0.4) is 0 Å². The first-order valence-corrected chi connectivity index (χ1v) is 5.86. The van der Waals surface area contributed by atoms with Gasteiger partial charge in [0, 0.05) is 20.1 Å². The van der Waals surface area contributed by atoms with Gasteiger partial charge in [-0.05, 0) is 43.5 Å². The van der Waals surface area contributed by atoms with Gasteiger partial charge in [-0.25, -0.2) is 4.39 Å². The Morgan fingerprint density at radius 3 is 2.81 bits per heavy atom. The van der Waals surface area contributed by atoms with Gasteiger partial charge in [-0.15, -0.1) is 0 Å². The topological polar surface area (TPSA) is 15.3 Å². The highest BCUT2D eigenvalue weighted by Gasteiger charge is 2.15. The van der Waals surface area contributed by atoms with E-state index in [4.69, 9.17) is 0 Å². The van der Waals surface area contributed by atoms with Gasteiger partial charge >= 0.3 is 0 Å². The third kappa shape index (κ3) is 2.53. The maximum absolute atomic E-state index is 13.7. The van der Waals surface area contributed by atoms with Gasteiger partial charge in [0.15, 0.2) is 0 Å². The first kappa shape index (κ1) is 11.4. The van der Waals surface area contributed by atoms with Crippen molar-refractivity contribution in [2.45, 2.75) is 25.3 Å². The predicted molar refractivity (Wildman–Crippen MR) is 65.5 cm³/mol. The van der Waals surface area contributed by atoms with Crippen molar-refractivity contribution >= 4 is 5.69 Å². The van der Waals surface area contributed by atoms with Crippen LogP contribution in [0, 0.1) is 5.82 Å². The van der Waals surface area contributed by atoms with E-state index in [-0.39, 0.29) is 5.82 Å². The van der Waals surface area contributed by atoms with Crippen molar-refractivity contribution in [2.75, 3.05) is 25.5 Å². The molecule has 0 aromatic heterocycles. The summed E-state index contributed by atoms with van der Waals surface area (Å²) in [5, 5.41) is 3.43. The van der Waals surface area contributed by atoms with E-state index in [9.17, 15) is 4.39 Å². The van der Waals surface area contributed by atoms with Gasteiger partial charge in [0.25, 0.3) is 0 Å². The van der Waals surface area contributed by atoms with Crippen LogP contribution in [0.5, 0.6) is 0 Å². The highest BCUT2D eigenvalue weighted by atomic mass is 19.1. The lowest BCUT2D eigenvalue weighted by Crippen LogP contribution is -2.23. The van der Waals surface area contributed by atoms with Crippen LogP contribution in [-0.4, -0.2) is 26.7 Å². The zero-order valence-electron chi connectivity index (χ0n) is 9.96. The fourth-order valence-electron chi connectivity index (χ4n) is 2.26. The Balaban J connectivity index is 2.08. The molecule has 2 rings (SSSR count). The Hall–Kier alpha value is -1.09. The van der Waals surface area contributed by atoms with Crippen molar-refractivity contribution in [3.8, 4) is 0 Å². The standard InChI is InChI=1S/C13H19FN2/c1-16(2)13-6-5-10(9-12(13)14)8-11-4-3-7-15-11/h5-6,9,11,15H,3-4,7-8H2,1-2H3. The first-order valence-electron chi connectivity index (χ1n) is 5.86. The molecule has 0 bridgehead atoms. The SMILES string of the molecule is CN(C)c1ccc(CC2CCCN2)cc1F. The minimum Gasteiger partial charge on any atom is -0.375 e. The number of halogens is 1. The highest BCUT2D eigenvalue weighted by molar-refractivity contribution is 5.47. The molecule has 1 aliphatic rings. The molecule has 1 aliphatic heterocycles. The van der Waals surface area contributed by atoms with E-state index in [0.717, 1.165) is 18.5 Å². The fraction of sp³-hybridized carbons (Fsp3) is 0.538. The van der Waals surface area contributed by atoms with Gasteiger partial charge in [-0.2, -0.15) is 0 Å². The van der Waals surface area contributed by atoms with Gasteiger partial charge in [0.05, 0.1) is 5.69 Å². The van der Waals surface area contributed by atoms with Crippen LogP contribution in [-0.2, 0) is 6.42 Å². The molecule has 16 heavy (non-hydrogen) atoms. The van der Waals surface area contributed by atoms with E-state index in [1.165, 1.54) is 12.8 Å². The quantitative estimate of drug-likeness (QED) is 0.843. The summed E-state index contributed by atoms with van der Waals surface area (Å²) in [6, 6.07) is 6.08. The Morgan fingerprint density at radius 1 is 1.44 bits per heavy atom. The molecule has 0 radical (unpaired) electrons. The maximum Gasteiger partial charge on any atom is 0.146 e. The molecule has 1 unspecified atom stereocenters. The van der Waals surface area contributed by atoms with Crippen LogP contribution in [0.15, 0.2) is 18.2 Å². The third-order valence-electron chi connectivity index (χ3n) is 3.14. The monoisotopic (exact) mass is 222 g/mol.